The number of amides is 2. The zero-order valence-electron chi connectivity index (χ0n) is 9.83. The van der Waals surface area contributed by atoms with E-state index in [-0.39, 0.29) is 28.9 Å². The largest absolute Gasteiger partial charge is 0.366 e. The van der Waals surface area contributed by atoms with Crippen LogP contribution in [0.15, 0.2) is 18.2 Å². The first kappa shape index (κ1) is 16.7. The molecule has 1 rings (SSSR count). The maximum Gasteiger partial charge on any atom is 0.250 e. The summed E-state index contributed by atoms with van der Waals surface area (Å²) in [4.78, 5) is 22.4. The van der Waals surface area contributed by atoms with Crippen molar-refractivity contribution in [3.63, 3.8) is 0 Å². The number of nitrogens with one attached hydrogen (secondary N) is 2. The van der Waals surface area contributed by atoms with E-state index in [0.717, 1.165) is 0 Å². The highest BCUT2D eigenvalue weighted by Gasteiger charge is 2.08. The van der Waals surface area contributed by atoms with Gasteiger partial charge in [0, 0.05) is 18.7 Å². The smallest absolute Gasteiger partial charge is 0.250 e. The van der Waals surface area contributed by atoms with Crippen LogP contribution in [-0.2, 0) is 4.79 Å². The molecule has 0 aromatic heterocycles. The van der Waals surface area contributed by atoms with Crippen LogP contribution in [0.4, 0.5) is 5.69 Å². The SMILES string of the molecule is CNCCC(=O)Nc1ccc(C(N)=O)c(Cl)c1.Cl. The van der Waals surface area contributed by atoms with E-state index >= 15 is 0 Å². The Kier molecular flexibility index (Phi) is 7.35. The molecule has 0 spiro atoms. The van der Waals surface area contributed by atoms with Gasteiger partial charge in [0.1, 0.15) is 0 Å². The molecule has 100 valence electrons. The molecule has 1 aromatic carbocycles. The third-order valence-electron chi connectivity index (χ3n) is 2.12. The minimum Gasteiger partial charge on any atom is -0.366 e. The molecule has 0 bridgehead atoms. The zero-order valence-corrected chi connectivity index (χ0v) is 11.4. The molecule has 0 aliphatic carbocycles. The predicted molar refractivity (Wildman–Crippen MR) is 74.4 cm³/mol. The van der Waals surface area contributed by atoms with Gasteiger partial charge in [-0.25, -0.2) is 0 Å². The average molecular weight is 292 g/mol. The van der Waals surface area contributed by atoms with E-state index in [9.17, 15) is 9.59 Å². The minimum atomic E-state index is -0.594. The molecular formula is C11H15Cl2N3O2. The number of hydrogen-bond donors (Lipinski definition) is 3. The number of anilines is 1. The van der Waals surface area contributed by atoms with E-state index in [1.165, 1.54) is 12.1 Å². The maximum absolute atomic E-state index is 11.4. The van der Waals surface area contributed by atoms with Gasteiger partial charge in [-0.3, -0.25) is 9.59 Å². The monoisotopic (exact) mass is 291 g/mol. The van der Waals surface area contributed by atoms with E-state index in [1.54, 1.807) is 13.1 Å². The van der Waals surface area contributed by atoms with Gasteiger partial charge >= 0.3 is 0 Å². The minimum absolute atomic E-state index is 0. The number of halogens is 2. The lowest BCUT2D eigenvalue weighted by atomic mass is 10.2. The number of benzene rings is 1. The normalized spacial score (nSPS) is 9.44. The fourth-order valence-electron chi connectivity index (χ4n) is 1.25. The van der Waals surface area contributed by atoms with Crippen LogP contribution in [0, 0.1) is 0 Å². The van der Waals surface area contributed by atoms with Crippen molar-refractivity contribution < 1.29 is 9.59 Å². The van der Waals surface area contributed by atoms with Crippen molar-refractivity contribution in [1.82, 2.24) is 5.32 Å². The molecule has 0 aliphatic heterocycles. The van der Waals surface area contributed by atoms with Crippen molar-refractivity contribution in [2.24, 2.45) is 5.73 Å². The van der Waals surface area contributed by atoms with Crippen LogP contribution in [0.25, 0.3) is 0 Å². The summed E-state index contributed by atoms with van der Waals surface area (Å²) >= 11 is 5.85. The number of primary amides is 1. The molecule has 5 nitrogen and oxygen atoms in total. The lowest BCUT2D eigenvalue weighted by Gasteiger charge is -2.07. The molecule has 0 atom stereocenters. The molecule has 7 heteroatoms. The Morgan fingerprint density at radius 1 is 1.39 bits per heavy atom. The quantitative estimate of drug-likeness (QED) is 0.767. The molecule has 4 N–H and O–H groups in total. The second-order valence-electron chi connectivity index (χ2n) is 3.46. The van der Waals surface area contributed by atoms with Crippen LogP contribution in [-0.4, -0.2) is 25.4 Å². The molecule has 0 fully saturated rings. The topological polar surface area (TPSA) is 84.2 Å². The van der Waals surface area contributed by atoms with Crippen LogP contribution in [0.1, 0.15) is 16.8 Å². The Morgan fingerprint density at radius 2 is 2.06 bits per heavy atom. The first-order valence-corrected chi connectivity index (χ1v) is 5.46. The fourth-order valence-corrected chi connectivity index (χ4v) is 1.53. The summed E-state index contributed by atoms with van der Waals surface area (Å²) in [7, 11) is 1.77. The molecule has 1 aromatic rings. The number of rotatable bonds is 5. The van der Waals surface area contributed by atoms with E-state index in [0.29, 0.717) is 18.7 Å². The number of carbonyl (C=O) groups is 2. The molecule has 0 unspecified atom stereocenters. The zero-order chi connectivity index (χ0) is 12.8. The van der Waals surface area contributed by atoms with Crippen molar-refractivity contribution in [3.8, 4) is 0 Å². The lowest BCUT2D eigenvalue weighted by molar-refractivity contribution is -0.116. The lowest BCUT2D eigenvalue weighted by Crippen LogP contribution is -2.19. The van der Waals surface area contributed by atoms with Crippen LogP contribution in [0.2, 0.25) is 5.02 Å². The van der Waals surface area contributed by atoms with Crippen molar-refractivity contribution >= 4 is 41.5 Å². The first-order chi connectivity index (χ1) is 8.04. The Bertz CT molecular complexity index is 438. The molecule has 0 aliphatic rings. The Hall–Kier alpha value is -1.30. The second-order valence-corrected chi connectivity index (χ2v) is 3.87. The summed E-state index contributed by atoms with van der Waals surface area (Å²) in [6.45, 7) is 0.596. The molecule has 0 saturated heterocycles. The van der Waals surface area contributed by atoms with Crippen LogP contribution < -0.4 is 16.4 Å². The summed E-state index contributed by atoms with van der Waals surface area (Å²) in [6.07, 6.45) is 0.367. The van der Waals surface area contributed by atoms with Gasteiger partial charge in [-0.05, 0) is 25.2 Å². The molecule has 0 heterocycles. The second kappa shape index (κ2) is 7.92. The molecular weight excluding hydrogens is 277 g/mol. The highest BCUT2D eigenvalue weighted by atomic mass is 35.5. The van der Waals surface area contributed by atoms with E-state index in [1.807, 2.05) is 0 Å². The third-order valence-corrected chi connectivity index (χ3v) is 2.43. The average Bonchev–Trinajstić information content (AvgIpc) is 2.26. The summed E-state index contributed by atoms with van der Waals surface area (Å²) in [6, 6.07) is 4.57. The molecule has 18 heavy (non-hydrogen) atoms. The van der Waals surface area contributed by atoms with Crippen molar-refractivity contribution in [2.45, 2.75) is 6.42 Å². The summed E-state index contributed by atoms with van der Waals surface area (Å²) in [5.74, 6) is -0.717. The van der Waals surface area contributed by atoms with E-state index in [2.05, 4.69) is 10.6 Å². The van der Waals surface area contributed by atoms with Gasteiger partial charge in [0.25, 0.3) is 0 Å². The van der Waals surface area contributed by atoms with Gasteiger partial charge < -0.3 is 16.4 Å². The van der Waals surface area contributed by atoms with Crippen molar-refractivity contribution in [2.75, 3.05) is 18.9 Å². The van der Waals surface area contributed by atoms with Gasteiger partial charge in [-0.2, -0.15) is 0 Å². The standard InChI is InChI=1S/C11H14ClN3O2.ClH/c1-14-5-4-10(16)15-7-2-3-8(11(13)17)9(12)6-7;/h2-3,6,14H,4-5H2,1H3,(H2,13,17)(H,15,16);1H. The van der Waals surface area contributed by atoms with Gasteiger partial charge in [0.15, 0.2) is 0 Å². The van der Waals surface area contributed by atoms with E-state index in [4.69, 9.17) is 17.3 Å². The molecule has 0 radical (unpaired) electrons. The Morgan fingerprint density at radius 3 is 2.56 bits per heavy atom. The summed E-state index contributed by atoms with van der Waals surface area (Å²) < 4.78 is 0. The van der Waals surface area contributed by atoms with Crippen LogP contribution >= 0.6 is 24.0 Å². The summed E-state index contributed by atoms with van der Waals surface area (Å²) in [5.41, 5.74) is 5.89. The molecule has 2 amide bonds. The molecule has 0 saturated carbocycles. The van der Waals surface area contributed by atoms with Gasteiger partial charge in [0.2, 0.25) is 11.8 Å². The van der Waals surface area contributed by atoms with E-state index < -0.39 is 5.91 Å². The Balaban J connectivity index is 0.00000289. The maximum atomic E-state index is 11.4. The number of nitrogens with two attached hydrogens (primary N) is 1. The van der Waals surface area contributed by atoms with Gasteiger partial charge in [-0.15, -0.1) is 12.4 Å². The van der Waals surface area contributed by atoms with Crippen molar-refractivity contribution in [3.05, 3.63) is 28.8 Å². The first-order valence-electron chi connectivity index (χ1n) is 5.08. The van der Waals surface area contributed by atoms with Gasteiger partial charge in [-0.1, -0.05) is 11.6 Å². The van der Waals surface area contributed by atoms with Gasteiger partial charge in [0.05, 0.1) is 10.6 Å². The van der Waals surface area contributed by atoms with Crippen LogP contribution in [0.5, 0.6) is 0 Å². The fraction of sp³-hybridized carbons (Fsp3) is 0.273. The summed E-state index contributed by atoms with van der Waals surface area (Å²) in [5, 5.41) is 5.77. The number of carbonyl (C=O) groups excluding carboxylic acids is 2. The predicted octanol–water partition coefficient (Wildman–Crippen LogP) is 1.41. The van der Waals surface area contributed by atoms with Crippen molar-refractivity contribution in [1.29, 1.82) is 0 Å². The van der Waals surface area contributed by atoms with Crippen LogP contribution in [0.3, 0.4) is 0 Å². The Labute approximate surface area is 116 Å². The highest BCUT2D eigenvalue weighted by molar-refractivity contribution is 6.34. The third kappa shape index (κ3) is 4.91. The highest BCUT2D eigenvalue weighted by Crippen LogP contribution is 2.20. The number of hydrogen-bond acceptors (Lipinski definition) is 3.